The molecule has 1 saturated heterocycles. The molecular formula is C13H20ClNO2. The second kappa shape index (κ2) is 6.84. The van der Waals surface area contributed by atoms with Crippen molar-refractivity contribution in [2.45, 2.75) is 18.9 Å². The molecule has 1 aliphatic heterocycles. The van der Waals surface area contributed by atoms with Gasteiger partial charge in [0, 0.05) is 19.3 Å². The van der Waals surface area contributed by atoms with Crippen molar-refractivity contribution < 1.29 is 9.47 Å². The summed E-state index contributed by atoms with van der Waals surface area (Å²) in [7, 11) is 1.68. The minimum Gasteiger partial charge on any atom is -0.497 e. The average Bonchev–Trinajstić information content (AvgIpc) is 2.39. The van der Waals surface area contributed by atoms with Crippen LogP contribution in [0.5, 0.6) is 5.75 Å². The molecule has 0 saturated carbocycles. The Hall–Kier alpha value is -0.770. The van der Waals surface area contributed by atoms with Gasteiger partial charge in [-0.2, -0.15) is 0 Å². The largest absolute Gasteiger partial charge is 0.497 e. The van der Waals surface area contributed by atoms with E-state index >= 15 is 0 Å². The zero-order valence-corrected chi connectivity index (χ0v) is 10.9. The monoisotopic (exact) mass is 257 g/mol. The summed E-state index contributed by atoms with van der Waals surface area (Å²) in [5.74, 6) is 1.40. The fourth-order valence-electron chi connectivity index (χ4n) is 2.20. The standard InChI is InChI=1S/C13H19NO2.ClH/c1-15-12-4-2-3-11(9-12)13(14)10-5-7-16-8-6-10;/h2-4,9-10,13H,5-8,14H2,1H3;1H/t13-;/m1./s1. The number of hydrogen-bond donors (Lipinski definition) is 1. The van der Waals surface area contributed by atoms with Gasteiger partial charge in [-0.25, -0.2) is 0 Å². The first-order valence-corrected chi connectivity index (χ1v) is 5.78. The van der Waals surface area contributed by atoms with E-state index in [4.69, 9.17) is 15.2 Å². The molecule has 0 unspecified atom stereocenters. The maximum absolute atomic E-state index is 6.28. The van der Waals surface area contributed by atoms with Crippen LogP contribution < -0.4 is 10.5 Å². The highest BCUT2D eigenvalue weighted by Crippen LogP contribution is 2.29. The van der Waals surface area contributed by atoms with Gasteiger partial charge < -0.3 is 15.2 Å². The maximum Gasteiger partial charge on any atom is 0.119 e. The lowest BCUT2D eigenvalue weighted by Gasteiger charge is -2.28. The first kappa shape index (κ1) is 14.3. The fraction of sp³-hybridized carbons (Fsp3) is 0.538. The molecule has 1 aliphatic rings. The van der Waals surface area contributed by atoms with E-state index in [-0.39, 0.29) is 18.4 Å². The lowest BCUT2D eigenvalue weighted by atomic mass is 9.88. The maximum atomic E-state index is 6.28. The normalized spacial score (nSPS) is 18.2. The Morgan fingerprint density at radius 1 is 1.35 bits per heavy atom. The molecule has 0 aliphatic carbocycles. The zero-order valence-electron chi connectivity index (χ0n) is 10.1. The van der Waals surface area contributed by atoms with Crippen LogP contribution in [0.25, 0.3) is 0 Å². The number of hydrogen-bond acceptors (Lipinski definition) is 3. The molecule has 0 bridgehead atoms. The van der Waals surface area contributed by atoms with Crippen molar-refractivity contribution in [2.24, 2.45) is 11.7 Å². The fourth-order valence-corrected chi connectivity index (χ4v) is 2.20. The van der Waals surface area contributed by atoms with Crippen molar-refractivity contribution in [3.8, 4) is 5.75 Å². The third-order valence-corrected chi connectivity index (χ3v) is 3.25. The molecule has 1 heterocycles. The van der Waals surface area contributed by atoms with Crippen LogP contribution in [0, 0.1) is 5.92 Å². The Bertz CT molecular complexity index is 340. The van der Waals surface area contributed by atoms with Crippen LogP contribution in [0.2, 0.25) is 0 Å². The molecular weight excluding hydrogens is 238 g/mol. The molecule has 1 atom stereocenters. The van der Waals surface area contributed by atoms with Gasteiger partial charge in [0.1, 0.15) is 5.75 Å². The Labute approximate surface area is 109 Å². The molecule has 4 heteroatoms. The van der Waals surface area contributed by atoms with Crippen LogP contribution >= 0.6 is 12.4 Å². The van der Waals surface area contributed by atoms with Crippen LogP contribution in [0.1, 0.15) is 24.4 Å². The van der Waals surface area contributed by atoms with Crippen LogP contribution in [-0.2, 0) is 4.74 Å². The molecule has 3 nitrogen and oxygen atoms in total. The second-order valence-electron chi connectivity index (χ2n) is 4.25. The number of benzene rings is 1. The van der Waals surface area contributed by atoms with Crippen molar-refractivity contribution in [3.63, 3.8) is 0 Å². The second-order valence-corrected chi connectivity index (χ2v) is 4.25. The molecule has 1 aromatic rings. The number of halogens is 1. The minimum atomic E-state index is 0. The number of rotatable bonds is 3. The smallest absolute Gasteiger partial charge is 0.119 e. The van der Waals surface area contributed by atoms with Gasteiger partial charge in [-0.3, -0.25) is 0 Å². The lowest BCUT2D eigenvalue weighted by molar-refractivity contribution is 0.0583. The first-order valence-electron chi connectivity index (χ1n) is 5.78. The van der Waals surface area contributed by atoms with E-state index < -0.39 is 0 Å². The highest BCUT2D eigenvalue weighted by atomic mass is 35.5. The number of nitrogens with two attached hydrogens (primary N) is 1. The highest BCUT2D eigenvalue weighted by Gasteiger charge is 2.22. The SMILES string of the molecule is COc1cccc([C@H](N)C2CCOCC2)c1.Cl. The van der Waals surface area contributed by atoms with Gasteiger partial charge in [-0.1, -0.05) is 12.1 Å². The van der Waals surface area contributed by atoms with Crippen LogP contribution in [0.4, 0.5) is 0 Å². The van der Waals surface area contributed by atoms with E-state index in [1.807, 2.05) is 18.2 Å². The topological polar surface area (TPSA) is 44.5 Å². The van der Waals surface area contributed by atoms with E-state index in [0.717, 1.165) is 37.4 Å². The van der Waals surface area contributed by atoms with E-state index in [1.165, 1.54) is 0 Å². The van der Waals surface area contributed by atoms with Crippen molar-refractivity contribution >= 4 is 12.4 Å². The predicted octanol–water partition coefficient (Wildman–Crippen LogP) is 2.54. The molecule has 96 valence electrons. The van der Waals surface area contributed by atoms with Gasteiger partial charge in [-0.15, -0.1) is 12.4 Å². The Kier molecular flexibility index (Phi) is 5.75. The molecule has 0 aromatic heterocycles. The number of ether oxygens (including phenoxy) is 2. The van der Waals surface area contributed by atoms with E-state index in [9.17, 15) is 0 Å². The molecule has 2 N–H and O–H groups in total. The Balaban J connectivity index is 0.00000144. The summed E-state index contributed by atoms with van der Waals surface area (Å²) in [5, 5.41) is 0. The van der Waals surface area contributed by atoms with E-state index in [2.05, 4.69) is 6.07 Å². The number of methoxy groups -OCH3 is 1. The molecule has 1 fully saturated rings. The summed E-state index contributed by atoms with van der Waals surface area (Å²) >= 11 is 0. The first-order chi connectivity index (χ1) is 7.81. The van der Waals surface area contributed by atoms with E-state index in [1.54, 1.807) is 7.11 Å². The third-order valence-electron chi connectivity index (χ3n) is 3.25. The summed E-state index contributed by atoms with van der Waals surface area (Å²) in [6.07, 6.45) is 2.11. The molecule has 17 heavy (non-hydrogen) atoms. The summed E-state index contributed by atoms with van der Waals surface area (Å²) in [4.78, 5) is 0. The van der Waals surface area contributed by atoms with Crippen molar-refractivity contribution in [2.75, 3.05) is 20.3 Å². The van der Waals surface area contributed by atoms with Gasteiger partial charge in [0.05, 0.1) is 7.11 Å². The molecule has 2 rings (SSSR count). The highest BCUT2D eigenvalue weighted by molar-refractivity contribution is 5.85. The van der Waals surface area contributed by atoms with Crippen molar-refractivity contribution in [3.05, 3.63) is 29.8 Å². The predicted molar refractivity (Wildman–Crippen MR) is 70.7 cm³/mol. The van der Waals surface area contributed by atoms with Crippen LogP contribution in [0.3, 0.4) is 0 Å². The van der Waals surface area contributed by atoms with Crippen molar-refractivity contribution in [1.29, 1.82) is 0 Å². The quantitative estimate of drug-likeness (QED) is 0.905. The minimum absolute atomic E-state index is 0. The van der Waals surface area contributed by atoms with Crippen LogP contribution in [-0.4, -0.2) is 20.3 Å². The summed E-state index contributed by atoms with van der Waals surface area (Å²) in [6.45, 7) is 1.67. The van der Waals surface area contributed by atoms with Gasteiger partial charge in [0.2, 0.25) is 0 Å². The lowest BCUT2D eigenvalue weighted by Crippen LogP contribution is -2.27. The van der Waals surface area contributed by atoms with Gasteiger partial charge >= 0.3 is 0 Å². The molecule has 0 radical (unpaired) electrons. The van der Waals surface area contributed by atoms with Crippen molar-refractivity contribution in [1.82, 2.24) is 0 Å². The summed E-state index contributed by atoms with van der Waals surface area (Å²) < 4.78 is 10.6. The van der Waals surface area contributed by atoms with Gasteiger partial charge in [0.15, 0.2) is 0 Å². The average molecular weight is 258 g/mol. The molecule has 0 spiro atoms. The summed E-state index contributed by atoms with van der Waals surface area (Å²) in [6, 6.07) is 8.13. The van der Waals surface area contributed by atoms with Gasteiger partial charge in [-0.05, 0) is 36.5 Å². The molecule has 0 amide bonds. The van der Waals surface area contributed by atoms with Gasteiger partial charge in [0.25, 0.3) is 0 Å². The summed E-state index contributed by atoms with van der Waals surface area (Å²) in [5.41, 5.74) is 7.44. The third kappa shape index (κ3) is 3.60. The molecule has 1 aromatic carbocycles. The Morgan fingerprint density at radius 2 is 2.06 bits per heavy atom. The van der Waals surface area contributed by atoms with E-state index in [0.29, 0.717) is 5.92 Å². The zero-order chi connectivity index (χ0) is 11.4. The van der Waals surface area contributed by atoms with Crippen LogP contribution in [0.15, 0.2) is 24.3 Å². The Morgan fingerprint density at radius 3 is 2.71 bits per heavy atom.